The van der Waals surface area contributed by atoms with Crippen molar-refractivity contribution in [3.05, 3.63) is 74.2 Å². The lowest BCUT2D eigenvalue weighted by Gasteiger charge is -2.40. The van der Waals surface area contributed by atoms with Gasteiger partial charge in [0.05, 0.1) is 12.1 Å². The van der Waals surface area contributed by atoms with Crippen molar-refractivity contribution in [2.24, 2.45) is 17.8 Å². The van der Waals surface area contributed by atoms with Gasteiger partial charge in [0, 0.05) is 16.0 Å². The molecular weight excluding hydrogens is 426 g/mol. The molecule has 0 spiro atoms. The number of aromatic nitrogens is 1. The molecule has 1 aromatic heterocycles. The highest BCUT2D eigenvalue weighted by atomic mass is 32.2. The van der Waals surface area contributed by atoms with Gasteiger partial charge in [0.1, 0.15) is 6.61 Å². The van der Waals surface area contributed by atoms with Crippen LogP contribution in [0.2, 0.25) is 0 Å². The first-order chi connectivity index (χ1) is 15.2. The van der Waals surface area contributed by atoms with E-state index in [1.54, 1.807) is 7.11 Å². The lowest BCUT2D eigenvalue weighted by Crippen LogP contribution is -2.33. The zero-order chi connectivity index (χ0) is 20.9. The fraction of sp³-hybridized carbons (Fsp3) is 0.400. The molecule has 2 saturated carbocycles. The molecule has 2 fully saturated rings. The van der Waals surface area contributed by atoms with Crippen molar-refractivity contribution in [3.63, 3.8) is 0 Å². The topological polar surface area (TPSA) is 51.3 Å². The lowest BCUT2D eigenvalue weighted by molar-refractivity contribution is 0.282. The van der Waals surface area contributed by atoms with E-state index < -0.39 is 0 Å². The first kappa shape index (κ1) is 19.5. The summed E-state index contributed by atoms with van der Waals surface area (Å²) in [5.74, 6) is 3.93. The van der Waals surface area contributed by atoms with Gasteiger partial charge >= 0.3 is 4.87 Å². The molecule has 6 rings (SSSR count). The highest BCUT2D eigenvalue weighted by molar-refractivity contribution is 8.00. The van der Waals surface area contributed by atoms with Gasteiger partial charge in [0.25, 0.3) is 0 Å². The van der Waals surface area contributed by atoms with Crippen LogP contribution < -0.4 is 14.3 Å². The Morgan fingerprint density at radius 1 is 1.06 bits per heavy atom. The van der Waals surface area contributed by atoms with Gasteiger partial charge in [-0.15, -0.1) is 11.8 Å². The van der Waals surface area contributed by atoms with Crippen molar-refractivity contribution in [2.45, 2.75) is 42.1 Å². The largest absolute Gasteiger partial charge is 0.493 e. The van der Waals surface area contributed by atoms with Crippen LogP contribution in [0.25, 0.3) is 0 Å². The molecule has 4 nitrogen and oxygen atoms in total. The van der Waals surface area contributed by atoms with Crippen LogP contribution in [0, 0.1) is 17.8 Å². The average Bonchev–Trinajstić information content (AvgIpc) is 3.51. The van der Waals surface area contributed by atoms with Crippen LogP contribution in [0.5, 0.6) is 11.5 Å². The number of rotatable bonds is 5. The Morgan fingerprint density at radius 3 is 2.74 bits per heavy atom. The Hall–Kier alpha value is -2.18. The molecule has 5 atom stereocenters. The summed E-state index contributed by atoms with van der Waals surface area (Å²) in [5, 5.41) is 1.71. The molecule has 2 aliphatic carbocycles. The standard InChI is InChI=1S/C25H25NO3S2/c1-28-19-12-16(9-10-18(19)29-13-14-5-3-2-4-6-14)21-20-15-7-8-17(11-15)22(20)30-24-23(21)31-25(27)26-24/h2-6,9-10,12,15,17,20-22H,7-8,11,13H2,1H3,(H,26,27)/t15-,17-,20-,21-,22-/m1/s1. The number of aromatic amines is 1. The molecule has 2 bridgehead atoms. The van der Waals surface area contributed by atoms with E-state index in [1.807, 2.05) is 36.0 Å². The minimum Gasteiger partial charge on any atom is -0.493 e. The Balaban J connectivity index is 1.35. The molecule has 3 aliphatic rings. The van der Waals surface area contributed by atoms with E-state index in [1.165, 1.54) is 41.0 Å². The summed E-state index contributed by atoms with van der Waals surface area (Å²) in [6.45, 7) is 0.509. The van der Waals surface area contributed by atoms with Crippen molar-refractivity contribution in [2.75, 3.05) is 7.11 Å². The van der Waals surface area contributed by atoms with Crippen LogP contribution >= 0.6 is 23.1 Å². The number of thioether (sulfide) groups is 1. The minimum atomic E-state index is 0.0598. The molecule has 1 aliphatic heterocycles. The van der Waals surface area contributed by atoms with Gasteiger partial charge in [0.2, 0.25) is 0 Å². The normalized spacial score (nSPS) is 28.2. The quantitative estimate of drug-likeness (QED) is 0.543. The monoisotopic (exact) mass is 451 g/mol. The van der Waals surface area contributed by atoms with Crippen molar-refractivity contribution < 1.29 is 9.47 Å². The molecule has 160 valence electrons. The van der Waals surface area contributed by atoms with Crippen LogP contribution in [-0.4, -0.2) is 17.3 Å². The molecular formula is C25H25NO3S2. The molecule has 31 heavy (non-hydrogen) atoms. The fourth-order valence-electron chi connectivity index (χ4n) is 5.95. The first-order valence-electron chi connectivity index (χ1n) is 11.0. The number of hydrogen-bond donors (Lipinski definition) is 1. The number of nitrogens with one attached hydrogen (secondary N) is 1. The lowest BCUT2D eigenvalue weighted by atomic mass is 9.75. The van der Waals surface area contributed by atoms with Crippen LogP contribution in [-0.2, 0) is 6.61 Å². The Kier molecular flexibility index (Phi) is 4.87. The molecule has 0 radical (unpaired) electrons. The third-order valence-electron chi connectivity index (χ3n) is 7.25. The van der Waals surface area contributed by atoms with Crippen LogP contribution in [0.4, 0.5) is 0 Å². The number of hydrogen-bond acceptors (Lipinski definition) is 5. The van der Waals surface area contributed by atoms with E-state index in [0.29, 0.717) is 17.8 Å². The maximum Gasteiger partial charge on any atom is 0.305 e. The van der Waals surface area contributed by atoms with Crippen molar-refractivity contribution in [1.29, 1.82) is 0 Å². The zero-order valence-corrected chi connectivity index (χ0v) is 19.0. The van der Waals surface area contributed by atoms with E-state index in [2.05, 4.69) is 29.2 Å². The number of methoxy groups -OCH3 is 1. The summed E-state index contributed by atoms with van der Waals surface area (Å²) < 4.78 is 11.8. The number of thiazole rings is 1. The number of fused-ring (bicyclic) bond motifs is 6. The van der Waals surface area contributed by atoms with Crippen molar-refractivity contribution in [1.82, 2.24) is 4.98 Å². The third kappa shape index (κ3) is 3.31. The Labute approximate surface area is 190 Å². The van der Waals surface area contributed by atoms with Gasteiger partial charge in [-0.2, -0.15) is 0 Å². The van der Waals surface area contributed by atoms with Crippen LogP contribution in [0.15, 0.2) is 58.4 Å². The van der Waals surface area contributed by atoms with Crippen molar-refractivity contribution >= 4 is 23.1 Å². The van der Waals surface area contributed by atoms with Gasteiger partial charge in [-0.25, -0.2) is 0 Å². The number of benzene rings is 2. The molecule has 0 saturated heterocycles. The van der Waals surface area contributed by atoms with Crippen LogP contribution in [0.1, 0.15) is 41.2 Å². The molecule has 1 N–H and O–H groups in total. The Bertz CT molecular complexity index is 1160. The van der Waals surface area contributed by atoms with Gasteiger partial charge in [-0.05, 0) is 60.3 Å². The zero-order valence-electron chi connectivity index (χ0n) is 17.4. The van der Waals surface area contributed by atoms with E-state index in [-0.39, 0.29) is 10.8 Å². The van der Waals surface area contributed by atoms with E-state index in [9.17, 15) is 4.79 Å². The highest BCUT2D eigenvalue weighted by Crippen LogP contribution is 2.63. The fourth-order valence-corrected chi connectivity index (χ4v) is 8.85. The van der Waals surface area contributed by atoms with Gasteiger partial charge in [-0.3, -0.25) is 4.79 Å². The second-order valence-corrected chi connectivity index (χ2v) is 11.1. The molecule has 6 heteroatoms. The molecule has 2 aromatic carbocycles. The second kappa shape index (κ2) is 7.75. The Morgan fingerprint density at radius 2 is 1.90 bits per heavy atom. The summed E-state index contributed by atoms with van der Waals surface area (Å²) in [6.07, 6.45) is 4.01. The maximum atomic E-state index is 12.2. The first-order valence-corrected chi connectivity index (χ1v) is 12.6. The molecule has 0 amide bonds. The smallest absolute Gasteiger partial charge is 0.305 e. The molecule has 2 heterocycles. The molecule has 0 unspecified atom stereocenters. The van der Waals surface area contributed by atoms with E-state index in [4.69, 9.17) is 9.47 Å². The van der Waals surface area contributed by atoms with E-state index in [0.717, 1.165) is 33.9 Å². The summed E-state index contributed by atoms with van der Waals surface area (Å²) in [5.41, 5.74) is 2.37. The SMILES string of the molecule is COc1cc([C@H]2c3sc(=O)[nH]c3S[C@@H]3[C@@H]4CC[C@H](C4)[C@H]23)ccc1OCc1ccccc1. The number of ether oxygens (including phenoxy) is 2. The summed E-state index contributed by atoms with van der Waals surface area (Å²) >= 11 is 3.32. The number of H-pyrrole nitrogens is 1. The summed E-state index contributed by atoms with van der Waals surface area (Å²) in [6, 6.07) is 16.5. The predicted octanol–water partition coefficient (Wildman–Crippen LogP) is 5.68. The van der Waals surface area contributed by atoms with E-state index >= 15 is 0 Å². The average molecular weight is 452 g/mol. The predicted molar refractivity (Wildman–Crippen MR) is 125 cm³/mol. The van der Waals surface area contributed by atoms with Crippen molar-refractivity contribution in [3.8, 4) is 11.5 Å². The summed E-state index contributed by atoms with van der Waals surface area (Å²) in [7, 11) is 1.70. The minimum absolute atomic E-state index is 0.0598. The van der Waals surface area contributed by atoms with Crippen LogP contribution in [0.3, 0.4) is 0 Å². The second-order valence-electron chi connectivity index (χ2n) is 8.86. The van der Waals surface area contributed by atoms with Gasteiger partial charge in [-0.1, -0.05) is 47.7 Å². The maximum absolute atomic E-state index is 12.2. The highest BCUT2D eigenvalue weighted by Gasteiger charge is 2.54. The van der Waals surface area contributed by atoms with Gasteiger partial charge in [0.15, 0.2) is 11.5 Å². The summed E-state index contributed by atoms with van der Waals surface area (Å²) in [4.78, 5) is 16.6. The third-order valence-corrected chi connectivity index (χ3v) is 9.87. The van der Waals surface area contributed by atoms with Gasteiger partial charge < -0.3 is 14.5 Å². The molecule has 3 aromatic rings.